The Kier molecular flexibility index (Phi) is 4.49. The number of aliphatic hydroxyl groups excluding tert-OH is 1. The highest BCUT2D eigenvalue weighted by Gasteiger charge is 2.12. The molecule has 1 aromatic rings. The molecule has 5 nitrogen and oxygen atoms in total. The van der Waals surface area contributed by atoms with E-state index in [9.17, 15) is 5.11 Å². The van der Waals surface area contributed by atoms with E-state index in [1.54, 1.807) is 7.05 Å². The Labute approximate surface area is 96.3 Å². The van der Waals surface area contributed by atoms with E-state index in [-0.39, 0.29) is 12.6 Å². The molecule has 0 amide bonds. The predicted octanol–water partition coefficient (Wildman–Crippen LogP) is 1.26. The van der Waals surface area contributed by atoms with Crippen LogP contribution in [0.5, 0.6) is 0 Å². The quantitative estimate of drug-likeness (QED) is 0.702. The SMILES string of the molecule is CNc1nc(C)cc(N[C@H](CO)C(C)C)n1. The Morgan fingerprint density at radius 2 is 2.06 bits per heavy atom. The molecule has 1 atom stereocenters. The maximum absolute atomic E-state index is 9.23. The third kappa shape index (κ3) is 3.34. The van der Waals surface area contributed by atoms with Crippen LogP contribution < -0.4 is 10.6 Å². The Balaban J connectivity index is 2.83. The number of aliphatic hydroxyl groups is 1. The highest BCUT2D eigenvalue weighted by Crippen LogP contribution is 2.13. The van der Waals surface area contributed by atoms with Crippen LogP contribution in [-0.2, 0) is 0 Å². The molecule has 0 bridgehead atoms. The van der Waals surface area contributed by atoms with E-state index in [1.807, 2.05) is 13.0 Å². The second kappa shape index (κ2) is 5.65. The van der Waals surface area contributed by atoms with E-state index in [4.69, 9.17) is 0 Å². The molecule has 0 aliphatic rings. The lowest BCUT2D eigenvalue weighted by Gasteiger charge is -2.20. The summed E-state index contributed by atoms with van der Waals surface area (Å²) in [6, 6.07) is 1.88. The lowest BCUT2D eigenvalue weighted by molar-refractivity contribution is 0.249. The van der Waals surface area contributed by atoms with E-state index >= 15 is 0 Å². The van der Waals surface area contributed by atoms with Crippen molar-refractivity contribution in [3.8, 4) is 0 Å². The summed E-state index contributed by atoms with van der Waals surface area (Å²) in [5.74, 6) is 1.67. The molecule has 0 spiro atoms. The van der Waals surface area contributed by atoms with Gasteiger partial charge in [0.15, 0.2) is 0 Å². The van der Waals surface area contributed by atoms with Crippen molar-refractivity contribution >= 4 is 11.8 Å². The van der Waals surface area contributed by atoms with Gasteiger partial charge in [0, 0.05) is 18.8 Å². The molecule has 1 aromatic heterocycles. The van der Waals surface area contributed by atoms with Gasteiger partial charge in [-0.05, 0) is 12.8 Å². The highest BCUT2D eigenvalue weighted by molar-refractivity contribution is 5.42. The van der Waals surface area contributed by atoms with Crippen LogP contribution in [0.1, 0.15) is 19.5 Å². The Bertz CT molecular complexity index is 341. The van der Waals surface area contributed by atoms with Crippen LogP contribution in [0.15, 0.2) is 6.07 Å². The van der Waals surface area contributed by atoms with Crippen molar-refractivity contribution in [1.82, 2.24) is 9.97 Å². The molecule has 0 saturated carbocycles. The van der Waals surface area contributed by atoms with Crippen molar-refractivity contribution in [2.24, 2.45) is 5.92 Å². The van der Waals surface area contributed by atoms with Gasteiger partial charge in [-0.1, -0.05) is 13.8 Å². The Hall–Kier alpha value is -1.36. The van der Waals surface area contributed by atoms with Crippen molar-refractivity contribution in [1.29, 1.82) is 0 Å². The number of hydrogen-bond acceptors (Lipinski definition) is 5. The molecule has 1 heterocycles. The summed E-state index contributed by atoms with van der Waals surface area (Å²) in [7, 11) is 1.78. The Morgan fingerprint density at radius 1 is 1.38 bits per heavy atom. The zero-order valence-corrected chi connectivity index (χ0v) is 10.3. The minimum absolute atomic E-state index is 0.0130. The number of rotatable bonds is 5. The van der Waals surface area contributed by atoms with Crippen LogP contribution in [0.25, 0.3) is 0 Å². The maximum atomic E-state index is 9.23. The molecule has 0 aromatic carbocycles. The fourth-order valence-corrected chi connectivity index (χ4v) is 1.37. The molecular formula is C11H20N4O. The average Bonchev–Trinajstić information content (AvgIpc) is 2.24. The number of hydrogen-bond donors (Lipinski definition) is 3. The lowest BCUT2D eigenvalue weighted by Crippen LogP contribution is -2.30. The van der Waals surface area contributed by atoms with Crippen LogP contribution in [0.3, 0.4) is 0 Å². The monoisotopic (exact) mass is 224 g/mol. The first-order valence-electron chi connectivity index (χ1n) is 5.47. The van der Waals surface area contributed by atoms with Crippen molar-refractivity contribution in [2.45, 2.75) is 26.8 Å². The van der Waals surface area contributed by atoms with E-state index in [1.165, 1.54) is 0 Å². The van der Waals surface area contributed by atoms with Gasteiger partial charge in [-0.3, -0.25) is 0 Å². The average molecular weight is 224 g/mol. The van der Waals surface area contributed by atoms with Crippen molar-refractivity contribution in [3.05, 3.63) is 11.8 Å². The zero-order chi connectivity index (χ0) is 12.1. The third-order valence-electron chi connectivity index (χ3n) is 2.41. The first-order chi connectivity index (χ1) is 7.56. The maximum Gasteiger partial charge on any atom is 0.224 e. The molecule has 0 unspecified atom stereocenters. The van der Waals surface area contributed by atoms with Gasteiger partial charge in [-0.15, -0.1) is 0 Å². The number of nitrogens with one attached hydrogen (secondary N) is 2. The lowest BCUT2D eigenvalue weighted by atomic mass is 10.1. The normalized spacial score (nSPS) is 12.6. The summed E-state index contributed by atoms with van der Waals surface area (Å²) in [6.45, 7) is 6.12. The minimum Gasteiger partial charge on any atom is -0.394 e. The fraction of sp³-hybridized carbons (Fsp3) is 0.636. The minimum atomic E-state index is 0.0130. The van der Waals surface area contributed by atoms with E-state index in [0.29, 0.717) is 11.9 Å². The predicted molar refractivity (Wildman–Crippen MR) is 65.7 cm³/mol. The largest absolute Gasteiger partial charge is 0.394 e. The number of anilines is 2. The number of nitrogens with zero attached hydrogens (tertiary/aromatic N) is 2. The van der Waals surface area contributed by atoms with Crippen LogP contribution in [-0.4, -0.2) is 34.8 Å². The van der Waals surface area contributed by atoms with E-state index < -0.39 is 0 Å². The summed E-state index contributed by atoms with van der Waals surface area (Å²) < 4.78 is 0. The topological polar surface area (TPSA) is 70.1 Å². The summed E-state index contributed by atoms with van der Waals surface area (Å²) in [6.07, 6.45) is 0. The van der Waals surface area contributed by atoms with Gasteiger partial charge in [-0.25, -0.2) is 4.98 Å². The smallest absolute Gasteiger partial charge is 0.224 e. The molecular weight excluding hydrogens is 204 g/mol. The zero-order valence-electron chi connectivity index (χ0n) is 10.3. The van der Waals surface area contributed by atoms with Gasteiger partial charge < -0.3 is 15.7 Å². The molecule has 16 heavy (non-hydrogen) atoms. The Morgan fingerprint density at radius 3 is 2.56 bits per heavy atom. The van der Waals surface area contributed by atoms with Crippen molar-refractivity contribution in [3.63, 3.8) is 0 Å². The second-order valence-electron chi connectivity index (χ2n) is 4.15. The summed E-state index contributed by atoms with van der Waals surface area (Å²) >= 11 is 0. The molecule has 0 fully saturated rings. The standard InChI is InChI=1S/C11H20N4O/c1-7(2)9(6-16)14-10-5-8(3)13-11(12-4)15-10/h5,7,9,16H,6H2,1-4H3,(H2,12,13,14,15)/t9-/m1/s1. The van der Waals surface area contributed by atoms with Gasteiger partial charge in [0.1, 0.15) is 5.82 Å². The molecule has 0 aliphatic heterocycles. The van der Waals surface area contributed by atoms with Crippen molar-refractivity contribution in [2.75, 3.05) is 24.3 Å². The molecule has 0 radical (unpaired) electrons. The van der Waals surface area contributed by atoms with Gasteiger partial charge in [0.2, 0.25) is 5.95 Å². The first-order valence-corrected chi connectivity index (χ1v) is 5.47. The number of aromatic nitrogens is 2. The van der Waals surface area contributed by atoms with Gasteiger partial charge in [0.05, 0.1) is 12.6 Å². The molecule has 0 saturated heterocycles. The van der Waals surface area contributed by atoms with Crippen LogP contribution >= 0.6 is 0 Å². The third-order valence-corrected chi connectivity index (χ3v) is 2.41. The second-order valence-corrected chi connectivity index (χ2v) is 4.15. The summed E-state index contributed by atoms with van der Waals surface area (Å²) in [5.41, 5.74) is 0.891. The molecule has 5 heteroatoms. The summed E-state index contributed by atoms with van der Waals surface area (Å²) in [4.78, 5) is 8.48. The number of aryl methyl sites for hydroxylation is 1. The molecule has 3 N–H and O–H groups in total. The molecule has 0 aliphatic carbocycles. The molecule has 90 valence electrons. The van der Waals surface area contributed by atoms with Crippen LogP contribution in [0.2, 0.25) is 0 Å². The van der Waals surface area contributed by atoms with Crippen LogP contribution in [0, 0.1) is 12.8 Å². The van der Waals surface area contributed by atoms with Crippen molar-refractivity contribution < 1.29 is 5.11 Å². The van der Waals surface area contributed by atoms with E-state index in [0.717, 1.165) is 11.5 Å². The molecule has 1 rings (SSSR count). The van der Waals surface area contributed by atoms with Crippen LogP contribution in [0.4, 0.5) is 11.8 Å². The van der Waals surface area contributed by atoms with Gasteiger partial charge in [0.25, 0.3) is 0 Å². The van der Waals surface area contributed by atoms with Gasteiger partial charge >= 0.3 is 0 Å². The summed E-state index contributed by atoms with van der Waals surface area (Å²) in [5, 5.41) is 15.3. The van der Waals surface area contributed by atoms with Gasteiger partial charge in [-0.2, -0.15) is 4.98 Å². The fourth-order valence-electron chi connectivity index (χ4n) is 1.37. The first kappa shape index (κ1) is 12.7. The van der Waals surface area contributed by atoms with E-state index in [2.05, 4.69) is 34.4 Å². The highest BCUT2D eigenvalue weighted by atomic mass is 16.3.